The van der Waals surface area contributed by atoms with E-state index in [9.17, 15) is 4.79 Å². The first-order chi connectivity index (χ1) is 16.9. The minimum Gasteiger partial charge on any atom is -0.494 e. The Morgan fingerprint density at radius 1 is 0.971 bits per heavy atom. The molecular weight excluding hydrogens is 458 g/mol. The lowest BCUT2D eigenvalue weighted by atomic mass is 10.1. The fourth-order valence-corrected chi connectivity index (χ4v) is 4.45. The maximum absolute atomic E-state index is 12.5. The summed E-state index contributed by atoms with van der Waals surface area (Å²) in [4.78, 5) is 17.3. The molecule has 182 valence electrons. The minimum atomic E-state index is -0.0265. The normalized spacial score (nSPS) is 11.1. The van der Waals surface area contributed by atoms with Crippen LogP contribution in [0.4, 0.5) is 0 Å². The number of hydrogen-bond acceptors (Lipinski definition) is 3. The Kier molecular flexibility index (Phi) is 8.09. The lowest BCUT2D eigenvalue weighted by Crippen LogP contribution is -2.25. The number of aromatic nitrogens is 2. The van der Waals surface area contributed by atoms with Crippen LogP contribution in [-0.4, -0.2) is 28.6 Å². The van der Waals surface area contributed by atoms with Gasteiger partial charge in [0.1, 0.15) is 11.6 Å². The zero-order chi connectivity index (χ0) is 24.8. The lowest BCUT2D eigenvalue weighted by molar-refractivity contribution is 0.0952. The fourth-order valence-electron chi connectivity index (χ4n) is 4.34. The number of nitrogens with one attached hydrogen (secondary N) is 1. The number of ether oxygens (including phenoxy) is 1. The molecule has 0 atom stereocenters. The van der Waals surface area contributed by atoms with E-state index in [0.717, 1.165) is 75.7 Å². The Morgan fingerprint density at radius 3 is 2.46 bits per heavy atom. The number of nitrogens with zero attached hydrogens (tertiary/aromatic N) is 2. The van der Waals surface area contributed by atoms with Gasteiger partial charge in [0.05, 0.1) is 17.6 Å². The predicted molar refractivity (Wildman–Crippen MR) is 143 cm³/mol. The van der Waals surface area contributed by atoms with Gasteiger partial charge >= 0.3 is 0 Å². The van der Waals surface area contributed by atoms with E-state index < -0.39 is 0 Å². The molecule has 0 saturated heterocycles. The van der Waals surface area contributed by atoms with Crippen LogP contribution in [-0.2, 0) is 13.0 Å². The van der Waals surface area contributed by atoms with E-state index >= 15 is 0 Å². The summed E-state index contributed by atoms with van der Waals surface area (Å²) in [6.45, 7) is 7.98. The smallest absolute Gasteiger partial charge is 0.251 e. The number of halogens is 1. The molecule has 1 N–H and O–H groups in total. The van der Waals surface area contributed by atoms with Gasteiger partial charge in [-0.1, -0.05) is 41.9 Å². The molecule has 0 fully saturated rings. The maximum Gasteiger partial charge on any atom is 0.251 e. The second kappa shape index (κ2) is 11.4. The van der Waals surface area contributed by atoms with Crippen molar-refractivity contribution in [3.8, 4) is 5.75 Å². The van der Waals surface area contributed by atoms with Gasteiger partial charge in [0, 0.05) is 30.1 Å². The van der Waals surface area contributed by atoms with Crippen molar-refractivity contribution in [3.05, 3.63) is 93.8 Å². The molecule has 0 spiro atoms. The van der Waals surface area contributed by atoms with Crippen molar-refractivity contribution in [1.29, 1.82) is 0 Å². The molecule has 0 saturated carbocycles. The van der Waals surface area contributed by atoms with Crippen molar-refractivity contribution in [2.75, 3.05) is 13.2 Å². The monoisotopic (exact) mass is 489 g/mol. The van der Waals surface area contributed by atoms with Gasteiger partial charge in [0.25, 0.3) is 5.91 Å². The van der Waals surface area contributed by atoms with E-state index in [0.29, 0.717) is 13.2 Å². The van der Waals surface area contributed by atoms with Crippen LogP contribution in [0.2, 0.25) is 5.02 Å². The third kappa shape index (κ3) is 6.04. The van der Waals surface area contributed by atoms with Gasteiger partial charge in [-0.25, -0.2) is 4.98 Å². The maximum atomic E-state index is 12.5. The fraction of sp³-hybridized carbons (Fsp3) is 0.310. The quantitative estimate of drug-likeness (QED) is 0.260. The minimum absolute atomic E-state index is 0.0265. The number of para-hydroxylation sites is 2. The SMILES string of the molecule is Cc1ccccc1C(=O)NCCCc1nc2ccccc2n1CCCOc1cc(C)c(Cl)c(C)c1. The van der Waals surface area contributed by atoms with Crippen LogP contribution in [0.1, 0.15) is 45.7 Å². The largest absolute Gasteiger partial charge is 0.494 e. The van der Waals surface area contributed by atoms with E-state index in [2.05, 4.69) is 16.0 Å². The second-order valence-electron chi connectivity index (χ2n) is 8.92. The third-order valence-electron chi connectivity index (χ3n) is 6.19. The Bertz CT molecular complexity index is 1310. The zero-order valence-corrected chi connectivity index (χ0v) is 21.4. The predicted octanol–water partition coefficient (Wildman–Crippen LogP) is 6.45. The zero-order valence-electron chi connectivity index (χ0n) is 20.6. The van der Waals surface area contributed by atoms with Crippen molar-refractivity contribution in [2.45, 2.75) is 46.6 Å². The first-order valence-corrected chi connectivity index (χ1v) is 12.5. The van der Waals surface area contributed by atoms with Crippen LogP contribution in [0.3, 0.4) is 0 Å². The molecule has 5 nitrogen and oxygen atoms in total. The molecule has 0 unspecified atom stereocenters. The van der Waals surface area contributed by atoms with E-state index in [-0.39, 0.29) is 5.91 Å². The van der Waals surface area contributed by atoms with E-state index in [1.54, 1.807) is 0 Å². The summed E-state index contributed by atoms with van der Waals surface area (Å²) in [6, 6.07) is 19.8. The summed E-state index contributed by atoms with van der Waals surface area (Å²) in [5.74, 6) is 1.86. The van der Waals surface area contributed by atoms with Crippen LogP contribution in [0, 0.1) is 20.8 Å². The van der Waals surface area contributed by atoms with Gasteiger partial charge in [-0.2, -0.15) is 0 Å². The number of benzene rings is 3. The molecular formula is C29H32ClN3O2. The first-order valence-electron chi connectivity index (χ1n) is 12.1. The Hall–Kier alpha value is -3.31. The molecule has 35 heavy (non-hydrogen) atoms. The summed E-state index contributed by atoms with van der Waals surface area (Å²) < 4.78 is 8.29. The van der Waals surface area contributed by atoms with Crippen LogP contribution in [0.25, 0.3) is 11.0 Å². The van der Waals surface area contributed by atoms with E-state index in [4.69, 9.17) is 21.3 Å². The number of imidazole rings is 1. The van der Waals surface area contributed by atoms with Crippen molar-refractivity contribution >= 4 is 28.5 Å². The van der Waals surface area contributed by atoms with Gasteiger partial charge in [-0.3, -0.25) is 4.79 Å². The molecule has 1 aromatic heterocycles. The molecule has 1 heterocycles. The summed E-state index contributed by atoms with van der Waals surface area (Å²) >= 11 is 6.27. The highest BCUT2D eigenvalue weighted by Gasteiger charge is 2.12. The lowest BCUT2D eigenvalue weighted by Gasteiger charge is -2.12. The number of fused-ring (bicyclic) bond motifs is 1. The van der Waals surface area contributed by atoms with Crippen molar-refractivity contribution < 1.29 is 9.53 Å². The van der Waals surface area contributed by atoms with Gasteiger partial charge < -0.3 is 14.6 Å². The highest BCUT2D eigenvalue weighted by molar-refractivity contribution is 6.32. The average Bonchev–Trinajstić information content (AvgIpc) is 3.20. The molecule has 0 bridgehead atoms. The van der Waals surface area contributed by atoms with Crippen molar-refractivity contribution in [1.82, 2.24) is 14.9 Å². The number of carbonyl (C=O) groups is 1. The Balaban J connectivity index is 1.34. The van der Waals surface area contributed by atoms with Crippen molar-refractivity contribution in [2.24, 2.45) is 0 Å². The molecule has 0 aliphatic heterocycles. The average molecular weight is 490 g/mol. The highest BCUT2D eigenvalue weighted by Crippen LogP contribution is 2.26. The molecule has 4 rings (SSSR count). The molecule has 6 heteroatoms. The molecule has 0 aliphatic rings. The van der Waals surface area contributed by atoms with Crippen LogP contribution in [0.5, 0.6) is 5.75 Å². The number of aryl methyl sites for hydroxylation is 5. The van der Waals surface area contributed by atoms with Crippen molar-refractivity contribution in [3.63, 3.8) is 0 Å². The standard InChI is InChI=1S/C29H32ClN3O2/c1-20-10-4-5-11-24(20)29(34)31-15-8-14-27-32-25-12-6-7-13-26(25)33(27)16-9-17-35-23-18-21(2)28(30)22(3)19-23/h4-7,10-13,18-19H,8-9,14-17H2,1-3H3,(H,31,34). The molecule has 0 radical (unpaired) electrons. The van der Waals surface area contributed by atoms with Gasteiger partial charge in [0.2, 0.25) is 0 Å². The highest BCUT2D eigenvalue weighted by atomic mass is 35.5. The molecule has 1 amide bonds. The van der Waals surface area contributed by atoms with E-state index in [1.165, 1.54) is 0 Å². The summed E-state index contributed by atoms with van der Waals surface area (Å²) in [5.41, 5.74) is 5.89. The third-order valence-corrected chi connectivity index (χ3v) is 6.79. The summed E-state index contributed by atoms with van der Waals surface area (Å²) in [6.07, 6.45) is 2.47. The Morgan fingerprint density at radius 2 is 1.69 bits per heavy atom. The topological polar surface area (TPSA) is 56.2 Å². The summed E-state index contributed by atoms with van der Waals surface area (Å²) in [7, 11) is 0. The molecule has 3 aromatic carbocycles. The van der Waals surface area contributed by atoms with Crippen LogP contribution in [0.15, 0.2) is 60.7 Å². The number of carbonyl (C=O) groups excluding carboxylic acids is 1. The number of amides is 1. The Labute approximate surface area is 212 Å². The molecule has 4 aromatic rings. The van der Waals surface area contributed by atoms with Gasteiger partial charge in [0.15, 0.2) is 0 Å². The van der Waals surface area contributed by atoms with E-state index in [1.807, 2.05) is 75.4 Å². The number of hydrogen-bond donors (Lipinski definition) is 1. The molecule has 0 aliphatic carbocycles. The number of rotatable bonds is 10. The first kappa shape index (κ1) is 24.8. The van der Waals surface area contributed by atoms with Crippen LogP contribution < -0.4 is 10.1 Å². The summed E-state index contributed by atoms with van der Waals surface area (Å²) in [5, 5.41) is 3.83. The van der Waals surface area contributed by atoms with Gasteiger partial charge in [-0.05, 0) is 80.6 Å². The van der Waals surface area contributed by atoms with Crippen LogP contribution >= 0.6 is 11.6 Å². The van der Waals surface area contributed by atoms with Gasteiger partial charge in [-0.15, -0.1) is 0 Å². The second-order valence-corrected chi connectivity index (χ2v) is 9.29.